The lowest BCUT2D eigenvalue weighted by molar-refractivity contribution is -0.665. The van der Waals surface area contributed by atoms with Gasteiger partial charge in [-0.2, -0.15) is 0 Å². The first-order chi connectivity index (χ1) is 11.4. The summed E-state index contributed by atoms with van der Waals surface area (Å²) in [4.78, 5) is 12.7. The Morgan fingerprint density at radius 3 is 2.62 bits per heavy atom. The Bertz CT molecular complexity index is 767. The topological polar surface area (TPSA) is 63.1 Å². The van der Waals surface area contributed by atoms with Crippen molar-refractivity contribution in [2.24, 2.45) is 5.92 Å². The number of aromatic hydroxyl groups is 1. The van der Waals surface area contributed by atoms with Crippen LogP contribution in [0.2, 0.25) is 0 Å². The normalized spacial score (nSPS) is 16.3. The molecule has 1 aliphatic heterocycles. The second-order valence-corrected chi connectivity index (χ2v) is 7.91. The molecule has 24 heavy (non-hydrogen) atoms. The highest BCUT2D eigenvalue weighted by Crippen LogP contribution is 2.32. The Morgan fingerprint density at radius 2 is 1.92 bits per heavy atom. The van der Waals surface area contributed by atoms with Gasteiger partial charge in [0.05, 0.1) is 13.1 Å². The number of quaternary nitrogens is 1. The van der Waals surface area contributed by atoms with Crippen LogP contribution in [0.4, 0.5) is 0 Å². The Hall–Kier alpha value is -1.59. The summed E-state index contributed by atoms with van der Waals surface area (Å²) < 4.78 is 6.73. The van der Waals surface area contributed by atoms with Crippen molar-refractivity contribution in [1.82, 2.24) is 0 Å². The van der Waals surface area contributed by atoms with Gasteiger partial charge in [-0.15, -0.1) is 0 Å². The summed E-state index contributed by atoms with van der Waals surface area (Å²) in [5.41, 5.74) is -0.319. The maximum atomic E-state index is 12.7. The molecule has 0 aliphatic carbocycles. The number of phenols is 1. The van der Waals surface area contributed by atoms with Gasteiger partial charge in [0.25, 0.3) is 0 Å². The maximum absolute atomic E-state index is 12.7. The zero-order chi connectivity index (χ0) is 17.3. The Kier molecular flexibility index (Phi) is 4.83. The standard InChI is InChI=1S/C19H22BrNO3/c1-19(2,14-5-7-21-8-6-14)24-18(23)16-10-13-9-15(20)4-3-12(13)11-17(16)22/h3-4,9-11,14,21-22H,5-8H2,1-2H3/p+1. The number of fused-ring (bicyclic) bond motifs is 1. The van der Waals surface area contributed by atoms with E-state index in [1.54, 1.807) is 12.1 Å². The number of phenolic OH excluding ortho intramolecular Hbond substituents is 1. The van der Waals surface area contributed by atoms with E-state index in [4.69, 9.17) is 4.74 Å². The molecule has 1 heterocycles. The lowest BCUT2D eigenvalue weighted by Gasteiger charge is -2.35. The van der Waals surface area contributed by atoms with Gasteiger partial charge in [-0.3, -0.25) is 0 Å². The third-order valence-electron chi connectivity index (χ3n) is 4.91. The number of ether oxygens (including phenoxy) is 1. The van der Waals surface area contributed by atoms with Crippen molar-refractivity contribution < 1.29 is 20.0 Å². The summed E-state index contributed by atoms with van der Waals surface area (Å²) in [6.07, 6.45) is 2.08. The maximum Gasteiger partial charge on any atom is 0.342 e. The second kappa shape index (κ2) is 6.73. The quantitative estimate of drug-likeness (QED) is 0.788. The monoisotopic (exact) mass is 392 g/mol. The zero-order valence-corrected chi connectivity index (χ0v) is 15.6. The lowest BCUT2D eigenvalue weighted by atomic mass is 9.83. The molecule has 0 aromatic heterocycles. The summed E-state index contributed by atoms with van der Waals surface area (Å²) in [6.45, 7) is 6.08. The first-order valence-corrected chi connectivity index (χ1v) is 9.13. The van der Waals surface area contributed by atoms with E-state index in [1.807, 2.05) is 32.0 Å². The molecule has 4 nitrogen and oxygen atoms in total. The molecule has 2 aromatic rings. The number of carbonyl (C=O) groups excluding carboxylic acids is 1. The number of hydrogen-bond donors (Lipinski definition) is 2. The fraction of sp³-hybridized carbons (Fsp3) is 0.421. The predicted molar refractivity (Wildman–Crippen MR) is 97.2 cm³/mol. The minimum atomic E-state index is -0.538. The highest BCUT2D eigenvalue weighted by atomic mass is 79.9. The Balaban J connectivity index is 1.86. The number of esters is 1. The molecule has 1 fully saturated rings. The average molecular weight is 393 g/mol. The first kappa shape index (κ1) is 17.2. The van der Waals surface area contributed by atoms with E-state index >= 15 is 0 Å². The van der Waals surface area contributed by atoms with E-state index in [1.165, 1.54) is 0 Å². The van der Waals surface area contributed by atoms with Crippen LogP contribution in [-0.2, 0) is 4.74 Å². The van der Waals surface area contributed by atoms with Gasteiger partial charge < -0.3 is 15.2 Å². The molecule has 1 saturated heterocycles. The SMILES string of the molecule is CC(C)(OC(=O)c1cc2cc(Br)ccc2cc1O)C1CC[NH2+]CC1. The summed E-state index contributed by atoms with van der Waals surface area (Å²) in [5, 5.41) is 14.3. The first-order valence-electron chi connectivity index (χ1n) is 8.34. The van der Waals surface area contributed by atoms with Crippen LogP contribution in [0.3, 0.4) is 0 Å². The molecule has 1 aliphatic rings. The number of halogens is 1. The number of piperidine rings is 1. The molecule has 3 rings (SSSR count). The lowest BCUT2D eigenvalue weighted by Crippen LogP contribution is -2.86. The second-order valence-electron chi connectivity index (χ2n) is 6.99. The van der Waals surface area contributed by atoms with Crippen LogP contribution in [0, 0.1) is 5.92 Å². The minimum Gasteiger partial charge on any atom is -0.507 e. The molecule has 0 saturated carbocycles. The van der Waals surface area contributed by atoms with E-state index in [2.05, 4.69) is 21.2 Å². The number of rotatable bonds is 3. The van der Waals surface area contributed by atoms with Gasteiger partial charge >= 0.3 is 5.97 Å². The van der Waals surface area contributed by atoms with Crippen molar-refractivity contribution in [3.8, 4) is 5.75 Å². The fourth-order valence-corrected chi connectivity index (χ4v) is 3.80. The third-order valence-corrected chi connectivity index (χ3v) is 5.41. The number of benzene rings is 2. The molecule has 2 aromatic carbocycles. The summed E-state index contributed by atoms with van der Waals surface area (Å²) >= 11 is 3.43. The van der Waals surface area contributed by atoms with E-state index in [0.717, 1.165) is 41.2 Å². The largest absolute Gasteiger partial charge is 0.507 e. The van der Waals surface area contributed by atoms with Crippen molar-refractivity contribution in [3.63, 3.8) is 0 Å². The number of nitrogens with two attached hydrogens (primary N) is 1. The van der Waals surface area contributed by atoms with Crippen molar-refractivity contribution in [2.45, 2.75) is 32.3 Å². The van der Waals surface area contributed by atoms with Gasteiger partial charge in [0.2, 0.25) is 0 Å². The molecular weight excluding hydrogens is 370 g/mol. The van der Waals surface area contributed by atoms with Crippen LogP contribution in [0.1, 0.15) is 37.0 Å². The van der Waals surface area contributed by atoms with Gasteiger partial charge in [0, 0.05) is 23.2 Å². The van der Waals surface area contributed by atoms with Crippen molar-refractivity contribution in [1.29, 1.82) is 0 Å². The molecule has 0 atom stereocenters. The third kappa shape index (κ3) is 3.57. The van der Waals surface area contributed by atoms with E-state index in [-0.39, 0.29) is 11.3 Å². The molecule has 0 unspecified atom stereocenters. The summed E-state index contributed by atoms with van der Waals surface area (Å²) in [7, 11) is 0. The van der Waals surface area contributed by atoms with E-state index < -0.39 is 11.6 Å². The van der Waals surface area contributed by atoms with Crippen LogP contribution < -0.4 is 5.32 Å². The van der Waals surface area contributed by atoms with Crippen LogP contribution in [0.25, 0.3) is 10.8 Å². The van der Waals surface area contributed by atoms with Crippen molar-refractivity contribution in [2.75, 3.05) is 13.1 Å². The van der Waals surface area contributed by atoms with Crippen LogP contribution in [0.5, 0.6) is 5.75 Å². The molecule has 3 N–H and O–H groups in total. The highest BCUT2D eigenvalue weighted by molar-refractivity contribution is 9.10. The number of hydrogen-bond acceptors (Lipinski definition) is 3. The van der Waals surface area contributed by atoms with Crippen LogP contribution in [0.15, 0.2) is 34.8 Å². The molecule has 0 bridgehead atoms. The highest BCUT2D eigenvalue weighted by Gasteiger charge is 2.36. The Labute approximate surface area is 150 Å². The molecule has 0 radical (unpaired) electrons. The van der Waals surface area contributed by atoms with Gasteiger partial charge in [0.15, 0.2) is 0 Å². The van der Waals surface area contributed by atoms with Gasteiger partial charge in [-0.1, -0.05) is 22.0 Å². The molecule has 5 heteroatoms. The van der Waals surface area contributed by atoms with Crippen molar-refractivity contribution in [3.05, 3.63) is 40.4 Å². The predicted octanol–water partition coefficient (Wildman–Crippen LogP) is 3.22. The van der Waals surface area contributed by atoms with Gasteiger partial charge in [-0.05, 0) is 48.9 Å². The Morgan fingerprint density at radius 1 is 1.21 bits per heavy atom. The molecule has 0 spiro atoms. The van der Waals surface area contributed by atoms with E-state index in [9.17, 15) is 9.90 Å². The average Bonchev–Trinajstić information content (AvgIpc) is 2.55. The molecular formula is C19H23BrNO3+. The molecule has 128 valence electrons. The minimum absolute atomic E-state index is 0.0393. The van der Waals surface area contributed by atoms with E-state index in [0.29, 0.717) is 5.92 Å². The van der Waals surface area contributed by atoms with Gasteiger partial charge in [0.1, 0.15) is 16.9 Å². The van der Waals surface area contributed by atoms with Gasteiger partial charge in [-0.25, -0.2) is 4.79 Å². The van der Waals surface area contributed by atoms with Crippen molar-refractivity contribution >= 4 is 32.7 Å². The summed E-state index contributed by atoms with van der Waals surface area (Å²) in [5.74, 6) is -0.153. The summed E-state index contributed by atoms with van der Waals surface area (Å²) in [6, 6.07) is 9.04. The number of carbonyl (C=O) groups is 1. The smallest absolute Gasteiger partial charge is 0.342 e. The van der Waals surface area contributed by atoms with Crippen LogP contribution >= 0.6 is 15.9 Å². The molecule has 0 amide bonds. The zero-order valence-electron chi connectivity index (χ0n) is 14.0. The fourth-order valence-electron chi connectivity index (χ4n) is 3.42. The van der Waals surface area contributed by atoms with Crippen LogP contribution in [-0.4, -0.2) is 29.8 Å².